The number of nitrogens with one attached hydrogen (secondary N) is 1. The van der Waals surface area contributed by atoms with Crippen LogP contribution in [0.5, 0.6) is 5.75 Å². The van der Waals surface area contributed by atoms with E-state index in [2.05, 4.69) is 14.6 Å². The molecule has 2 amide bonds. The first-order valence-electron chi connectivity index (χ1n) is 15.2. The maximum atomic E-state index is 13.5. The van der Waals surface area contributed by atoms with E-state index in [4.69, 9.17) is 4.74 Å². The van der Waals surface area contributed by atoms with Crippen molar-refractivity contribution in [2.75, 3.05) is 25.1 Å². The molecule has 0 spiro atoms. The lowest BCUT2D eigenvalue weighted by Crippen LogP contribution is -2.33. The average molecular weight is 621 g/mol. The zero-order chi connectivity index (χ0) is 31.9. The molecule has 4 rings (SSSR count). The molecule has 2 aromatic carbocycles. The predicted octanol–water partition coefficient (Wildman–Crippen LogP) is 5.83. The molecule has 9 nitrogen and oxygen atoms in total. The van der Waals surface area contributed by atoms with Crippen molar-refractivity contribution in [2.45, 2.75) is 83.2 Å². The Bertz CT molecular complexity index is 1570. The van der Waals surface area contributed by atoms with Crippen LogP contribution in [-0.2, 0) is 33.3 Å². The third-order valence-electron chi connectivity index (χ3n) is 7.94. The maximum absolute atomic E-state index is 13.5. The Morgan fingerprint density at radius 1 is 0.977 bits per heavy atom. The number of anilines is 1. The second kappa shape index (κ2) is 14.3. The highest BCUT2D eigenvalue weighted by Gasteiger charge is 2.27. The van der Waals surface area contributed by atoms with Gasteiger partial charge in [0.2, 0.25) is 5.91 Å². The largest absolute Gasteiger partial charge is 0.495 e. The van der Waals surface area contributed by atoms with Crippen LogP contribution in [0, 0.1) is 0 Å². The maximum Gasteiger partial charge on any atom is 0.268 e. The standard InChI is InChI=1S/C34H44N4O5S/c1-25(39)38-19-10-8-6-7-9-18-37(23-26-12-11-17-35-22-26)24-28-20-27(13-15-30(28)38)33(40)36-44(41,42)32-21-29(34(2,3)4)14-16-31(32)43-5/h11-17,20-22H,6-10,18-19,23-24H2,1-5H3,(H,36,40). The molecule has 3 aromatic rings. The molecule has 2 heterocycles. The lowest BCUT2D eigenvalue weighted by molar-refractivity contribution is -0.116. The summed E-state index contributed by atoms with van der Waals surface area (Å²) in [5.41, 5.74) is 3.25. The summed E-state index contributed by atoms with van der Waals surface area (Å²) in [7, 11) is -2.87. The number of hydrogen-bond acceptors (Lipinski definition) is 7. The average Bonchev–Trinajstić information content (AvgIpc) is 2.97. The minimum Gasteiger partial charge on any atom is -0.495 e. The molecule has 0 aliphatic carbocycles. The van der Waals surface area contributed by atoms with Gasteiger partial charge in [0, 0.05) is 50.2 Å². The Morgan fingerprint density at radius 3 is 2.36 bits per heavy atom. The van der Waals surface area contributed by atoms with Gasteiger partial charge in [-0.25, -0.2) is 13.1 Å². The van der Waals surface area contributed by atoms with Crippen LogP contribution in [0.2, 0.25) is 0 Å². The number of carbonyl (C=O) groups is 2. The number of nitrogens with zero attached hydrogens (tertiary/aromatic N) is 3. The summed E-state index contributed by atoms with van der Waals surface area (Å²) >= 11 is 0. The van der Waals surface area contributed by atoms with Gasteiger partial charge in [-0.1, -0.05) is 52.2 Å². The fourth-order valence-corrected chi connectivity index (χ4v) is 6.66. The van der Waals surface area contributed by atoms with Crippen LogP contribution < -0.4 is 14.4 Å². The Labute approximate surface area is 261 Å². The minimum absolute atomic E-state index is 0.0762. The van der Waals surface area contributed by atoms with Gasteiger partial charge in [0.15, 0.2) is 0 Å². The molecular weight excluding hydrogens is 576 g/mol. The molecule has 0 bridgehead atoms. The third kappa shape index (κ3) is 8.45. The van der Waals surface area contributed by atoms with Crippen molar-refractivity contribution in [1.29, 1.82) is 0 Å². The summed E-state index contributed by atoms with van der Waals surface area (Å²) in [6.45, 7) is 10.0. The van der Waals surface area contributed by atoms with Crippen LogP contribution in [0.25, 0.3) is 0 Å². The SMILES string of the molecule is COc1ccc(C(C)(C)C)cc1S(=O)(=O)NC(=O)c1ccc2c(c1)CN(Cc1cccnc1)CCCCCCCN2C(C)=O. The molecule has 0 saturated heterocycles. The third-order valence-corrected chi connectivity index (χ3v) is 9.29. The Balaban J connectivity index is 1.70. The van der Waals surface area contributed by atoms with Crippen molar-refractivity contribution in [3.05, 3.63) is 83.2 Å². The number of methoxy groups -OCH3 is 1. The van der Waals surface area contributed by atoms with Crippen LogP contribution in [0.4, 0.5) is 5.69 Å². The monoisotopic (exact) mass is 620 g/mol. The van der Waals surface area contributed by atoms with Crippen molar-refractivity contribution >= 4 is 27.5 Å². The molecule has 1 aromatic heterocycles. The topological polar surface area (TPSA) is 109 Å². The van der Waals surface area contributed by atoms with Gasteiger partial charge in [0.05, 0.1) is 7.11 Å². The van der Waals surface area contributed by atoms with Crippen molar-refractivity contribution in [3.8, 4) is 5.75 Å². The molecule has 44 heavy (non-hydrogen) atoms. The summed E-state index contributed by atoms with van der Waals surface area (Å²) in [4.78, 5) is 34.6. The van der Waals surface area contributed by atoms with E-state index in [1.54, 1.807) is 48.4 Å². The van der Waals surface area contributed by atoms with Crippen LogP contribution in [0.1, 0.15) is 86.8 Å². The number of benzene rings is 2. The number of aromatic nitrogens is 1. The number of carbonyl (C=O) groups excluding carboxylic acids is 2. The Morgan fingerprint density at radius 2 is 1.70 bits per heavy atom. The van der Waals surface area contributed by atoms with Crippen LogP contribution in [-0.4, -0.2) is 50.3 Å². The smallest absolute Gasteiger partial charge is 0.268 e. The first-order valence-corrected chi connectivity index (χ1v) is 16.7. The quantitative estimate of drug-likeness (QED) is 0.370. The number of hydrogen-bond donors (Lipinski definition) is 1. The van der Waals surface area contributed by atoms with E-state index < -0.39 is 15.9 Å². The van der Waals surface area contributed by atoms with Crippen molar-refractivity contribution in [3.63, 3.8) is 0 Å². The molecule has 0 unspecified atom stereocenters. The normalized spacial score (nSPS) is 15.4. The molecule has 0 atom stereocenters. The van der Waals surface area contributed by atoms with E-state index in [0.29, 0.717) is 19.6 Å². The highest BCUT2D eigenvalue weighted by Crippen LogP contribution is 2.31. The predicted molar refractivity (Wildman–Crippen MR) is 172 cm³/mol. The van der Waals surface area contributed by atoms with Gasteiger partial charge >= 0.3 is 0 Å². The zero-order valence-electron chi connectivity index (χ0n) is 26.4. The summed E-state index contributed by atoms with van der Waals surface area (Å²) < 4.78 is 34.7. The fourth-order valence-electron chi connectivity index (χ4n) is 5.49. The van der Waals surface area contributed by atoms with Crippen molar-refractivity contribution < 1.29 is 22.7 Å². The highest BCUT2D eigenvalue weighted by atomic mass is 32.2. The van der Waals surface area contributed by atoms with Gasteiger partial charge in [-0.15, -0.1) is 0 Å². The summed E-state index contributed by atoms with van der Waals surface area (Å²) in [5, 5.41) is 0. The highest BCUT2D eigenvalue weighted by molar-refractivity contribution is 7.90. The van der Waals surface area contributed by atoms with Crippen LogP contribution in [0.15, 0.2) is 65.8 Å². The van der Waals surface area contributed by atoms with Gasteiger partial charge in [0.25, 0.3) is 15.9 Å². The molecule has 0 saturated carbocycles. The number of ether oxygens (including phenoxy) is 1. The number of fused-ring (bicyclic) bond motifs is 1. The summed E-state index contributed by atoms with van der Waals surface area (Å²) in [6, 6.07) is 14.0. The van der Waals surface area contributed by atoms with E-state index in [1.807, 2.05) is 45.2 Å². The fraction of sp³-hybridized carbons (Fsp3) is 0.441. The van der Waals surface area contributed by atoms with E-state index in [-0.39, 0.29) is 27.5 Å². The molecular formula is C34H44N4O5S. The zero-order valence-corrected chi connectivity index (χ0v) is 27.2. The first-order chi connectivity index (χ1) is 20.9. The number of sulfonamides is 1. The van der Waals surface area contributed by atoms with Gasteiger partial charge in [-0.3, -0.25) is 19.5 Å². The van der Waals surface area contributed by atoms with Crippen molar-refractivity contribution in [2.24, 2.45) is 0 Å². The molecule has 0 radical (unpaired) electrons. The molecule has 1 aliphatic rings. The summed E-state index contributed by atoms with van der Waals surface area (Å²) in [5.74, 6) is -0.679. The number of pyridine rings is 1. The lowest BCUT2D eigenvalue weighted by atomic mass is 9.87. The molecule has 10 heteroatoms. The number of rotatable bonds is 6. The van der Waals surface area contributed by atoms with Gasteiger partial charge in [0.1, 0.15) is 10.6 Å². The Kier molecular flexibility index (Phi) is 10.8. The second-order valence-corrected chi connectivity index (χ2v) is 14.1. The molecule has 0 fully saturated rings. The van der Waals surface area contributed by atoms with E-state index in [1.165, 1.54) is 7.11 Å². The minimum atomic E-state index is -4.27. The molecule has 1 aliphatic heterocycles. The van der Waals surface area contributed by atoms with Gasteiger partial charge in [-0.05, 0) is 77.9 Å². The van der Waals surface area contributed by atoms with E-state index >= 15 is 0 Å². The lowest BCUT2D eigenvalue weighted by Gasteiger charge is -2.29. The van der Waals surface area contributed by atoms with Gasteiger partial charge in [-0.2, -0.15) is 0 Å². The second-order valence-electron chi connectivity index (χ2n) is 12.4. The molecule has 236 valence electrons. The summed E-state index contributed by atoms with van der Waals surface area (Å²) in [6.07, 6.45) is 8.73. The van der Waals surface area contributed by atoms with Crippen molar-refractivity contribution in [1.82, 2.24) is 14.6 Å². The van der Waals surface area contributed by atoms with Crippen LogP contribution >= 0.6 is 0 Å². The van der Waals surface area contributed by atoms with E-state index in [0.717, 1.165) is 61.0 Å². The molecule has 1 N–H and O–H groups in total. The van der Waals surface area contributed by atoms with Crippen LogP contribution in [0.3, 0.4) is 0 Å². The van der Waals surface area contributed by atoms with Gasteiger partial charge < -0.3 is 9.64 Å². The first kappa shape index (κ1) is 33.1. The van der Waals surface area contributed by atoms with E-state index in [9.17, 15) is 18.0 Å². The number of amides is 2. The Hall–Kier alpha value is -3.76.